The van der Waals surface area contributed by atoms with E-state index in [-0.39, 0.29) is 24.3 Å². The van der Waals surface area contributed by atoms with Crippen molar-refractivity contribution >= 4 is 23.4 Å². The second-order valence-electron chi connectivity index (χ2n) is 7.16. The van der Waals surface area contributed by atoms with Gasteiger partial charge in [-0.2, -0.15) is 0 Å². The lowest BCUT2D eigenvalue weighted by atomic mass is 10.1. The van der Waals surface area contributed by atoms with E-state index >= 15 is 0 Å². The number of benzene rings is 2. The van der Waals surface area contributed by atoms with Crippen molar-refractivity contribution in [1.29, 1.82) is 0 Å². The van der Waals surface area contributed by atoms with Crippen molar-refractivity contribution in [1.82, 2.24) is 10.2 Å². The minimum absolute atomic E-state index is 0.0137. The van der Waals surface area contributed by atoms with Crippen molar-refractivity contribution in [3.05, 3.63) is 70.2 Å². The van der Waals surface area contributed by atoms with E-state index in [0.29, 0.717) is 11.6 Å². The van der Waals surface area contributed by atoms with Gasteiger partial charge in [-0.1, -0.05) is 53.6 Å². The summed E-state index contributed by atoms with van der Waals surface area (Å²) in [5, 5.41) is 3.50. The number of nitrogens with one attached hydrogen (secondary N) is 1. The summed E-state index contributed by atoms with van der Waals surface area (Å²) in [7, 11) is 0. The summed E-state index contributed by atoms with van der Waals surface area (Å²) < 4.78 is 0. The van der Waals surface area contributed by atoms with E-state index in [0.717, 1.165) is 16.7 Å². The maximum atomic E-state index is 13.1. The van der Waals surface area contributed by atoms with Gasteiger partial charge in [-0.3, -0.25) is 9.59 Å². The Hall–Kier alpha value is -2.33. The summed E-state index contributed by atoms with van der Waals surface area (Å²) in [6.07, 6.45) is 0.252. The molecule has 2 rings (SSSR count). The normalized spacial score (nSPS) is 11.9. The Morgan fingerprint density at radius 1 is 1.04 bits per heavy atom. The molecule has 0 saturated carbocycles. The fraction of sp³-hybridized carbons (Fsp3) is 0.364. The molecule has 0 spiro atoms. The van der Waals surface area contributed by atoms with Gasteiger partial charge in [-0.15, -0.1) is 0 Å². The largest absolute Gasteiger partial charge is 0.352 e. The lowest BCUT2D eigenvalue weighted by molar-refractivity contribution is -0.140. The molecule has 0 aliphatic carbocycles. The maximum absolute atomic E-state index is 13.1. The molecule has 5 heteroatoms. The number of rotatable bonds is 7. The highest BCUT2D eigenvalue weighted by Crippen LogP contribution is 2.16. The van der Waals surface area contributed by atoms with Crippen molar-refractivity contribution in [3.63, 3.8) is 0 Å². The van der Waals surface area contributed by atoms with Gasteiger partial charge < -0.3 is 10.2 Å². The van der Waals surface area contributed by atoms with E-state index in [1.807, 2.05) is 63.2 Å². The summed E-state index contributed by atoms with van der Waals surface area (Å²) in [5.74, 6) is -0.253. The Kier molecular flexibility index (Phi) is 7.43. The molecular weight excluding hydrogens is 360 g/mol. The molecule has 1 N–H and O–H groups in total. The van der Waals surface area contributed by atoms with Crippen LogP contribution in [0.25, 0.3) is 0 Å². The third kappa shape index (κ3) is 6.40. The summed E-state index contributed by atoms with van der Waals surface area (Å²) in [6.45, 7) is 7.89. The van der Waals surface area contributed by atoms with Gasteiger partial charge in [0, 0.05) is 17.6 Å². The Labute approximate surface area is 166 Å². The maximum Gasteiger partial charge on any atom is 0.242 e. The van der Waals surface area contributed by atoms with Crippen LogP contribution in [-0.2, 0) is 22.6 Å². The number of nitrogens with zero attached hydrogens (tertiary/aromatic N) is 1. The smallest absolute Gasteiger partial charge is 0.242 e. The first-order chi connectivity index (χ1) is 12.8. The van der Waals surface area contributed by atoms with Crippen LogP contribution in [-0.4, -0.2) is 28.8 Å². The predicted molar refractivity (Wildman–Crippen MR) is 110 cm³/mol. The zero-order valence-electron chi connectivity index (χ0n) is 16.3. The third-order valence-corrected chi connectivity index (χ3v) is 4.51. The molecule has 0 aliphatic rings. The van der Waals surface area contributed by atoms with Crippen molar-refractivity contribution in [3.8, 4) is 0 Å². The molecule has 0 radical (unpaired) electrons. The number of hydrogen-bond acceptors (Lipinski definition) is 2. The van der Waals surface area contributed by atoms with Gasteiger partial charge in [-0.05, 0) is 51.0 Å². The van der Waals surface area contributed by atoms with Crippen molar-refractivity contribution in [2.24, 2.45) is 0 Å². The third-order valence-electron chi connectivity index (χ3n) is 4.28. The molecule has 2 aromatic rings. The molecule has 4 nitrogen and oxygen atoms in total. The molecule has 0 aliphatic heterocycles. The van der Waals surface area contributed by atoms with Crippen molar-refractivity contribution in [2.45, 2.75) is 52.7 Å². The fourth-order valence-electron chi connectivity index (χ4n) is 2.92. The predicted octanol–water partition coefficient (Wildman–Crippen LogP) is 4.13. The van der Waals surface area contributed by atoms with E-state index in [2.05, 4.69) is 5.32 Å². The Morgan fingerprint density at radius 2 is 1.70 bits per heavy atom. The van der Waals surface area contributed by atoms with Crippen LogP contribution in [0.5, 0.6) is 0 Å². The average Bonchev–Trinajstić information content (AvgIpc) is 2.58. The van der Waals surface area contributed by atoms with Crippen LogP contribution >= 0.6 is 11.6 Å². The lowest BCUT2D eigenvalue weighted by Gasteiger charge is -2.29. The van der Waals surface area contributed by atoms with Crippen LogP contribution in [0.1, 0.15) is 37.5 Å². The molecule has 2 aromatic carbocycles. The molecular formula is C22H27ClN2O2. The second kappa shape index (κ2) is 9.56. The first-order valence-electron chi connectivity index (χ1n) is 9.16. The van der Waals surface area contributed by atoms with Crippen LogP contribution < -0.4 is 5.32 Å². The van der Waals surface area contributed by atoms with Gasteiger partial charge in [0.15, 0.2) is 0 Å². The average molecular weight is 387 g/mol. The number of carbonyl (C=O) groups excluding carboxylic acids is 2. The quantitative estimate of drug-likeness (QED) is 0.777. The van der Waals surface area contributed by atoms with Crippen molar-refractivity contribution < 1.29 is 9.59 Å². The highest BCUT2D eigenvalue weighted by atomic mass is 35.5. The lowest BCUT2D eigenvalue weighted by Crippen LogP contribution is -2.49. The fourth-order valence-corrected chi connectivity index (χ4v) is 3.13. The Bertz CT molecular complexity index is 804. The SMILES string of the molecule is Cc1cccc(CC(=O)N(Cc2cccc(Cl)c2)[C@H](C)C(=O)NC(C)C)c1. The first kappa shape index (κ1) is 21.0. The van der Waals surface area contributed by atoms with Gasteiger partial charge >= 0.3 is 0 Å². The molecule has 2 amide bonds. The number of halogens is 1. The van der Waals surface area contributed by atoms with E-state index in [4.69, 9.17) is 11.6 Å². The van der Waals surface area contributed by atoms with Crippen LogP contribution in [0.15, 0.2) is 48.5 Å². The van der Waals surface area contributed by atoms with E-state index < -0.39 is 6.04 Å². The molecule has 0 bridgehead atoms. The minimum Gasteiger partial charge on any atom is -0.352 e. The van der Waals surface area contributed by atoms with Crippen LogP contribution in [0.4, 0.5) is 0 Å². The molecule has 0 saturated heterocycles. The van der Waals surface area contributed by atoms with Crippen LogP contribution in [0, 0.1) is 6.92 Å². The highest BCUT2D eigenvalue weighted by molar-refractivity contribution is 6.30. The molecule has 0 aromatic heterocycles. The van der Waals surface area contributed by atoms with Gasteiger partial charge in [0.1, 0.15) is 6.04 Å². The van der Waals surface area contributed by atoms with E-state index in [9.17, 15) is 9.59 Å². The summed E-state index contributed by atoms with van der Waals surface area (Å²) in [5.41, 5.74) is 2.93. The van der Waals surface area contributed by atoms with Gasteiger partial charge in [0.2, 0.25) is 11.8 Å². The van der Waals surface area contributed by atoms with Gasteiger partial charge in [0.05, 0.1) is 6.42 Å². The standard InChI is InChI=1S/C22H27ClN2O2/c1-15(2)24-22(27)17(4)25(14-19-9-6-10-20(23)12-19)21(26)13-18-8-5-7-16(3)11-18/h5-12,15,17H,13-14H2,1-4H3,(H,24,27)/t17-/m1/s1. The summed E-state index contributed by atoms with van der Waals surface area (Å²) >= 11 is 6.08. The molecule has 0 heterocycles. The highest BCUT2D eigenvalue weighted by Gasteiger charge is 2.26. The number of amides is 2. The molecule has 1 atom stereocenters. The Morgan fingerprint density at radius 3 is 2.33 bits per heavy atom. The van der Waals surface area contributed by atoms with Crippen molar-refractivity contribution in [2.75, 3.05) is 0 Å². The second-order valence-corrected chi connectivity index (χ2v) is 7.59. The van der Waals surface area contributed by atoms with E-state index in [1.54, 1.807) is 17.9 Å². The number of carbonyl (C=O) groups is 2. The first-order valence-corrected chi connectivity index (χ1v) is 9.54. The zero-order chi connectivity index (χ0) is 20.0. The minimum atomic E-state index is -0.580. The van der Waals surface area contributed by atoms with E-state index in [1.165, 1.54) is 0 Å². The Balaban J connectivity index is 2.24. The zero-order valence-corrected chi connectivity index (χ0v) is 17.1. The number of hydrogen-bond donors (Lipinski definition) is 1. The van der Waals surface area contributed by atoms with Gasteiger partial charge in [0.25, 0.3) is 0 Å². The van der Waals surface area contributed by atoms with Crippen LogP contribution in [0.2, 0.25) is 5.02 Å². The topological polar surface area (TPSA) is 49.4 Å². The summed E-state index contributed by atoms with van der Waals surface area (Å²) in [6, 6.07) is 14.7. The van der Waals surface area contributed by atoms with Crippen LogP contribution in [0.3, 0.4) is 0 Å². The monoisotopic (exact) mass is 386 g/mol. The number of aryl methyl sites for hydroxylation is 1. The molecule has 0 unspecified atom stereocenters. The molecule has 144 valence electrons. The molecule has 0 fully saturated rings. The molecule has 27 heavy (non-hydrogen) atoms. The summed E-state index contributed by atoms with van der Waals surface area (Å²) in [4.78, 5) is 27.2. The van der Waals surface area contributed by atoms with Gasteiger partial charge in [-0.25, -0.2) is 0 Å².